The summed E-state index contributed by atoms with van der Waals surface area (Å²) < 4.78 is 13.3. The summed E-state index contributed by atoms with van der Waals surface area (Å²) in [6, 6.07) is 11.9. The summed E-state index contributed by atoms with van der Waals surface area (Å²) in [6.07, 6.45) is 0. The van der Waals surface area contributed by atoms with Crippen LogP contribution in [-0.2, 0) is 0 Å². The first-order chi connectivity index (χ1) is 10.0. The Bertz CT molecular complexity index is 655. The van der Waals surface area contributed by atoms with Gasteiger partial charge in [0.15, 0.2) is 0 Å². The molecule has 0 spiro atoms. The van der Waals surface area contributed by atoms with E-state index in [-0.39, 0.29) is 17.8 Å². The van der Waals surface area contributed by atoms with Gasteiger partial charge in [0.2, 0.25) is 0 Å². The normalized spacial score (nSPS) is 11.8. The molecule has 0 bridgehead atoms. The van der Waals surface area contributed by atoms with Crippen LogP contribution in [0, 0.1) is 12.7 Å². The number of nitrogens with one attached hydrogen (secondary N) is 2. The Kier molecular flexibility index (Phi) is 4.58. The average molecular weight is 286 g/mol. The molecule has 2 aromatic rings. The molecule has 1 amide bonds. The highest BCUT2D eigenvalue weighted by atomic mass is 19.1. The lowest BCUT2D eigenvalue weighted by Crippen LogP contribution is -2.18. The number of aryl methyl sites for hydroxylation is 1. The number of benzene rings is 2. The number of hydrogen-bond donors (Lipinski definition) is 2. The summed E-state index contributed by atoms with van der Waals surface area (Å²) in [4.78, 5) is 11.7. The van der Waals surface area contributed by atoms with Crippen molar-refractivity contribution in [2.24, 2.45) is 0 Å². The van der Waals surface area contributed by atoms with Crippen molar-refractivity contribution < 1.29 is 9.18 Å². The maximum Gasteiger partial charge on any atom is 0.251 e. The Balaban J connectivity index is 2.24. The molecular formula is C17H19FN2O. The number of carbonyl (C=O) groups is 1. The number of hydrogen-bond acceptors (Lipinski definition) is 2. The van der Waals surface area contributed by atoms with E-state index in [2.05, 4.69) is 10.6 Å². The largest absolute Gasteiger partial charge is 0.378 e. The summed E-state index contributed by atoms with van der Waals surface area (Å²) in [5.41, 5.74) is 3.36. The van der Waals surface area contributed by atoms with Crippen LogP contribution in [0.2, 0.25) is 0 Å². The van der Waals surface area contributed by atoms with Gasteiger partial charge in [-0.25, -0.2) is 4.39 Å². The number of carbonyl (C=O) groups excluding carboxylic acids is 1. The average Bonchev–Trinajstić information content (AvgIpc) is 2.48. The van der Waals surface area contributed by atoms with E-state index in [1.165, 1.54) is 12.1 Å². The summed E-state index contributed by atoms with van der Waals surface area (Å²) in [5.74, 6) is -0.381. The second-order valence-electron chi connectivity index (χ2n) is 5.03. The monoisotopic (exact) mass is 286 g/mol. The van der Waals surface area contributed by atoms with Crippen molar-refractivity contribution in [3.8, 4) is 0 Å². The Labute approximate surface area is 124 Å². The summed E-state index contributed by atoms with van der Waals surface area (Å²) in [5, 5.41) is 5.93. The van der Waals surface area contributed by atoms with Gasteiger partial charge in [-0.1, -0.05) is 18.2 Å². The fraction of sp³-hybridized carbons (Fsp3) is 0.235. The molecule has 0 saturated heterocycles. The molecule has 0 saturated carbocycles. The van der Waals surface area contributed by atoms with E-state index in [4.69, 9.17) is 0 Å². The van der Waals surface area contributed by atoms with E-state index in [1.54, 1.807) is 19.2 Å². The highest BCUT2D eigenvalue weighted by Gasteiger charge is 2.10. The first-order valence-corrected chi connectivity index (χ1v) is 6.86. The minimum Gasteiger partial charge on any atom is -0.378 e. The van der Waals surface area contributed by atoms with E-state index < -0.39 is 0 Å². The Hall–Kier alpha value is -2.36. The number of amides is 1. The highest BCUT2D eigenvalue weighted by molar-refractivity contribution is 5.95. The predicted octanol–water partition coefficient (Wildman–Crippen LogP) is 3.67. The van der Waals surface area contributed by atoms with Crippen LogP contribution in [-0.4, -0.2) is 13.0 Å². The van der Waals surface area contributed by atoms with Crippen molar-refractivity contribution in [3.63, 3.8) is 0 Å². The lowest BCUT2D eigenvalue weighted by molar-refractivity contribution is 0.0963. The molecule has 3 nitrogen and oxygen atoms in total. The van der Waals surface area contributed by atoms with Crippen LogP contribution in [0.5, 0.6) is 0 Å². The minimum atomic E-state index is -0.253. The molecular weight excluding hydrogens is 267 g/mol. The molecule has 2 N–H and O–H groups in total. The third-order valence-corrected chi connectivity index (χ3v) is 3.45. The topological polar surface area (TPSA) is 41.1 Å². The van der Waals surface area contributed by atoms with Gasteiger partial charge in [0.05, 0.1) is 0 Å². The molecule has 1 unspecified atom stereocenters. The lowest BCUT2D eigenvalue weighted by atomic mass is 10.1. The Morgan fingerprint density at radius 3 is 2.62 bits per heavy atom. The van der Waals surface area contributed by atoms with Crippen LogP contribution in [0.15, 0.2) is 42.5 Å². The fourth-order valence-corrected chi connectivity index (χ4v) is 2.16. The molecule has 0 aliphatic rings. The van der Waals surface area contributed by atoms with E-state index >= 15 is 0 Å². The van der Waals surface area contributed by atoms with E-state index in [0.29, 0.717) is 5.56 Å². The van der Waals surface area contributed by atoms with Gasteiger partial charge < -0.3 is 10.6 Å². The third kappa shape index (κ3) is 3.60. The van der Waals surface area contributed by atoms with Crippen molar-refractivity contribution in [1.29, 1.82) is 0 Å². The molecule has 0 aromatic heterocycles. The van der Waals surface area contributed by atoms with Crippen LogP contribution in [0.3, 0.4) is 0 Å². The molecule has 0 aliphatic heterocycles. The van der Waals surface area contributed by atoms with Gasteiger partial charge >= 0.3 is 0 Å². The van der Waals surface area contributed by atoms with Crippen LogP contribution in [0.4, 0.5) is 10.1 Å². The molecule has 4 heteroatoms. The Morgan fingerprint density at radius 2 is 1.95 bits per heavy atom. The SMILES string of the molecule is CNC(=O)c1ccc(C)c(NC(C)c2cccc(F)c2)c1. The summed E-state index contributed by atoms with van der Waals surface area (Å²) in [6.45, 7) is 3.93. The van der Waals surface area contributed by atoms with Crippen LogP contribution in [0.25, 0.3) is 0 Å². The molecule has 21 heavy (non-hydrogen) atoms. The quantitative estimate of drug-likeness (QED) is 0.900. The van der Waals surface area contributed by atoms with Crippen LogP contribution < -0.4 is 10.6 Å². The zero-order chi connectivity index (χ0) is 15.4. The molecule has 110 valence electrons. The number of anilines is 1. The summed E-state index contributed by atoms with van der Waals surface area (Å²) in [7, 11) is 1.60. The molecule has 0 fully saturated rings. The standard InChI is InChI=1S/C17H19FN2O/c1-11-7-8-14(17(21)19-3)10-16(11)20-12(2)13-5-4-6-15(18)9-13/h4-10,12,20H,1-3H3,(H,19,21). The van der Waals surface area contributed by atoms with E-state index in [0.717, 1.165) is 16.8 Å². The lowest BCUT2D eigenvalue weighted by Gasteiger charge is -2.18. The van der Waals surface area contributed by atoms with Gasteiger partial charge in [-0.2, -0.15) is 0 Å². The molecule has 0 aliphatic carbocycles. The first-order valence-electron chi connectivity index (χ1n) is 6.86. The molecule has 2 aromatic carbocycles. The highest BCUT2D eigenvalue weighted by Crippen LogP contribution is 2.23. The Morgan fingerprint density at radius 1 is 1.19 bits per heavy atom. The maximum atomic E-state index is 13.3. The number of rotatable bonds is 4. The van der Waals surface area contributed by atoms with E-state index in [1.807, 2.05) is 32.0 Å². The van der Waals surface area contributed by atoms with Gasteiger partial charge in [0, 0.05) is 24.3 Å². The van der Waals surface area contributed by atoms with Gasteiger partial charge in [-0.15, -0.1) is 0 Å². The molecule has 2 rings (SSSR count). The summed E-state index contributed by atoms with van der Waals surface area (Å²) >= 11 is 0. The second kappa shape index (κ2) is 6.39. The minimum absolute atomic E-state index is 0.0562. The van der Waals surface area contributed by atoms with Crippen molar-refractivity contribution in [2.45, 2.75) is 19.9 Å². The van der Waals surface area contributed by atoms with Crippen molar-refractivity contribution in [1.82, 2.24) is 5.32 Å². The third-order valence-electron chi connectivity index (χ3n) is 3.45. The first kappa shape index (κ1) is 15.0. The van der Waals surface area contributed by atoms with Gasteiger partial charge in [0.1, 0.15) is 5.82 Å². The van der Waals surface area contributed by atoms with Gasteiger partial charge in [-0.05, 0) is 49.2 Å². The van der Waals surface area contributed by atoms with Crippen molar-refractivity contribution in [2.75, 3.05) is 12.4 Å². The van der Waals surface area contributed by atoms with Crippen molar-refractivity contribution in [3.05, 3.63) is 65.0 Å². The number of halogens is 1. The molecule has 0 heterocycles. The molecule has 1 atom stereocenters. The second-order valence-corrected chi connectivity index (χ2v) is 5.03. The van der Waals surface area contributed by atoms with Crippen molar-refractivity contribution >= 4 is 11.6 Å². The maximum absolute atomic E-state index is 13.3. The van der Waals surface area contributed by atoms with Crippen LogP contribution in [0.1, 0.15) is 34.5 Å². The van der Waals surface area contributed by atoms with Crippen LogP contribution >= 0.6 is 0 Å². The fourth-order valence-electron chi connectivity index (χ4n) is 2.16. The zero-order valence-electron chi connectivity index (χ0n) is 12.4. The zero-order valence-corrected chi connectivity index (χ0v) is 12.4. The van der Waals surface area contributed by atoms with Gasteiger partial charge in [0.25, 0.3) is 5.91 Å². The molecule has 0 radical (unpaired) electrons. The smallest absolute Gasteiger partial charge is 0.251 e. The van der Waals surface area contributed by atoms with E-state index in [9.17, 15) is 9.18 Å². The predicted molar refractivity (Wildman–Crippen MR) is 83.0 cm³/mol. The van der Waals surface area contributed by atoms with Gasteiger partial charge in [-0.3, -0.25) is 4.79 Å².